The van der Waals surface area contributed by atoms with Gasteiger partial charge in [0.1, 0.15) is 17.1 Å². The van der Waals surface area contributed by atoms with E-state index in [4.69, 9.17) is 9.15 Å². The van der Waals surface area contributed by atoms with E-state index in [9.17, 15) is 9.59 Å². The van der Waals surface area contributed by atoms with E-state index in [0.29, 0.717) is 28.5 Å². The molecule has 2 heterocycles. The van der Waals surface area contributed by atoms with Crippen LogP contribution in [0.25, 0.3) is 22.3 Å². The van der Waals surface area contributed by atoms with Gasteiger partial charge in [0.25, 0.3) is 0 Å². The number of fused-ring (bicyclic) bond motifs is 1. The average Bonchev–Trinajstić information content (AvgIpc) is 3.56. The van der Waals surface area contributed by atoms with Gasteiger partial charge >= 0.3 is 0 Å². The zero-order chi connectivity index (χ0) is 23.7. The van der Waals surface area contributed by atoms with E-state index in [1.165, 1.54) is 18.9 Å². The highest BCUT2D eigenvalue weighted by Gasteiger charge is 2.21. The number of nitrogens with one attached hydrogen (secondary N) is 2. The van der Waals surface area contributed by atoms with Gasteiger partial charge in [-0.3, -0.25) is 14.7 Å². The maximum Gasteiger partial charge on any atom is 0.232 e. The summed E-state index contributed by atoms with van der Waals surface area (Å²) in [6, 6.07) is 16.0. The Kier molecular flexibility index (Phi) is 5.92. The van der Waals surface area contributed by atoms with Gasteiger partial charge in [-0.2, -0.15) is 5.10 Å². The van der Waals surface area contributed by atoms with Crippen LogP contribution in [0.3, 0.4) is 0 Å². The zero-order valence-corrected chi connectivity index (χ0v) is 19.3. The van der Waals surface area contributed by atoms with Crippen LogP contribution in [0.1, 0.15) is 55.7 Å². The quantitative estimate of drug-likeness (QED) is 0.393. The summed E-state index contributed by atoms with van der Waals surface area (Å²) >= 11 is 0. The Labute approximate surface area is 197 Å². The molecule has 1 unspecified atom stereocenters. The Morgan fingerprint density at radius 2 is 1.88 bits per heavy atom. The monoisotopic (exact) mass is 457 g/mol. The second-order valence-corrected chi connectivity index (χ2v) is 8.86. The first-order valence-corrected chi connectivity index (χ1v) is 11.6. The number of methoxy groups -OCH3 is 1. The Hall–Kier alpha value is -3.87. The molecule has 2 aromatic heterocycles. The maximum absolute atomic E-state index is 12.9. The molecule has 0 bridgehead atoms. The number of ether oxygens (including phenoxy) is 1. The van der Waals surface area contributed by atoms with Gasteiger partial charge in [-0.05, 0) is 61.7 Å². The van der Waals surface area contributed by atoms with Gasteiger partial charge in [0.05, 0.1) is 18.4 Å². The van der Waals surface area contributed by atoms with E-state index in [2.05, 4.69) is 15.5 Å². The van der Waals surface area contributed by atoms with Crippen LogP contribution >= 0.6 is 0 Å². The second kappa shape index (κ2) is 9.17. The predicted octanol–water partition coefficient (Wildman–Crippen LogP) is 5.59. The lowest BCUT2D eigenvalue weighted by molar-refractivity contribution is -0.117. The van der Waals surface area contributed by atoms with E-state index in [1.807, 2.05) is 43.3 Å². The molecule has 1 aliphatic rings. The van der Waals surface area contributed by atoms with Crippen LogP contribution in [0, 0.1) is 0 Å². The molecule has 4 aromatic rings. The van der Waals surface area contributed by atoms with Gasteiger partial charge in [-0.15, -0.1) is 0 Å². The molecule has 1 saturated carbocycles. The van der Waals surface area contributed by atoms with Gasteiger partial charge in [0.2, 0.25) is 5.91 Å². The number of hydrogen-bond acceptors (Lipinski definition) is 5. The van der Waals surface area contributed by atoms with E-state index in [1.54, 1.807) is 19.2 Å². The fourth-order valence-corrected chi connectivity index (χ4v) is 4.57. The highest BCUT2D eigenvalue weighted by molar-refractivity contribution is 5.95. The molecule has 174 valence electrons. The number of anilines is 1. The third kappa shape index (κ3) is 4.33. The molecule has 0 spiro atoms. The molecule has 34 heavy (non-hydrogen) atoms. The highest BCUT2D eigenvalue weighted by Crippen LogP contribution is 2.34. The molecule has 1 aliphatic carbocycles. The van der Waals surface area contributed by atoms with Crippen LogP contribution in [0.15, 0.2) is 63.8 Å². The van der Waals surface area contributed by atoms with E-state index in [0.717, 1.165) is 35.4 Å². The van der Waals surface area contributed by atoms with Gasteiger partial charge < -0.3 is 14.5 Å². The molecule has 0 saturated heterocycles. The summed E-state index contributed by atoms with van der Waals surface area (Å²) in [7, 11) is 1.60. The second-order valence-electron chi connectivity index (χ2n) is 8.86. The Morgan fingerprint density at radius 1 is 1.12 bits per heavy atom. The SMILES string of the molecule is COc1ccc(-c2cc(=O)c3cc(C(C)C(=O)Nc4cc(C5CCCC5)[nH]n4)ccc3o2)cc1. The number of rotatable bonds is 6. The topological polar surface area (TPSA) is 97.2 Å². The fourth-order valence-electron chi connectivity index (χ4n) is 4.57. The molecule has 0 radical (unpaired) electrons. The van der Waals surface area contributed by atoms with Gasteiger partial charge in [-0.1, -0.05) is 18.9 Å². The third-order valence-corrected chi connectivity index (χ3v) is 6.66. The number of carbonyl (C=O) groups excluding carboxylic acids is 1. The summed E-state index contributed by atoms with van der Waals surface area (Å²) in [5, 5.41) is 10.7. The Morgan fingerprint density at radius 3 is 2.62 bits per heavy atom. The largest absolute Gasteiger partial charge is 0.497 e. The number of benzene rings is 2. The normalized spacial score (nSPS) is 14.9. The summed E-state index contributed by atoms with van der Waals surface area (Å²) in [5.74, 6) is 1.60. The number of aromatic nitrogens is 2. The molecule has 5 rings (SSSR count). The minimum atomic E-state index is -0.461. The van der Waals surface area contributed by atoms with E-state index >= 15 is 0 Å². The molecule has 2 aromatic carbocycles. The van der Waals surface area contributed by atoms with Crippen molar-refractivity contribution in [3.05, 3.63) is 76.1 Å². The lowest BCUT2D eigenvalue weighted by Gasteiger charge is -2.12. The van der Waals surface area contributed by atoms with Crippen molar-refractivity contribution < 1.29 is 13.9 Å². The molecule has 0 aliphatic heterocycles. The summed E-state index contributed by atoms with van der Waals surface area (Å²) in [6.07, 6.45) is 4.79. The number of aromatic amines is 1. The summed E-state index contributed by atoms with van der Waals surface area (Å²) in [6.45, 7) is 1.81. The standard InChI is InChI=1S/C27H27N3O4/c1-16(27(32)28-26-14-22(29-30-26)17-5-3-4-6-17)19-9-12-24-21(13-19)23(31)15-25(34-24)18-7-10-20(33-2)11-8-18/h7-17H,3-6H2,1-2H3,(H2,28,29,30,32). The lowest BCUT2D eigenvalue weighted by Crippen LogP contribution is -2.19. The number of carbonyl (C=O) groups is 1. The number of amides is 1. The lowest BCUT2D eigenvalue weighted by atomic mass is 9.98. The number of hydrogen-bond donors (Lipinski definition) is 2. The average molecular weight is 458 g/mol. The van der Waals surface area contributed by atoms with Crippen LogP contribution < -0.4 is 15.5 Å². The number of nitrogens with zero attached hydrogens (tertiary/aromatic N) is 1. The zero-order valence-electron chi connectivity index (χ0n) is 19.3. The van der Waals surface area contributed by atoms with Crippen molar-refractivity contribution in [2.45, 2.75) is 44.4 Å². The molecule has 1 fully saturated rings. The molecular weight excluding hydrogens is 430 g/mol. The minimum Gasteiger partial charge on any atom is -0.497 e. The van der Waals surface area contributed by atoms with Crippen LogP contribution in [-0.4, -0.2) is 23.2 Å². The molecule has 7 nitrogen and oxygen atoms in total. The fraction of sp³-hybridized carbons (Fsp3) is 0.296. The molecular formula is C27H27N3O4. The third-order valence-electron chi connectivity index (χ3n) is 6.66. The Bertz CT molecular complexity index is 1380. The predicted molar refractivity (Wildman–Crippen MR) is 131 cm³/mol. The first-order chi connectivity index (χ1) is 16.5. The summed E-state index contributed by atoms with van der Waals surface area (Å²) in [5.41, 5.74) is 2.92. The van der Waals surface area contributed by atoms with E-state index in [-0.39, 0.29) is 11.3 Å². The smallest absolute Gasteiger partial charge is 0.232 e. The van der Waals surface area contributed by atoms with Crippen molar-refractivity contribution in [3.63, 3.8) is 0 Å². The maximum atomic E-state index is 12.9. The van der Waals surface area contributed by atoms with Crippen LogP contribution in [0.5, 0.6) is 5.75 Å². The Balaban J connectivity index is 1.35. The van der Waals surface area contributed by atoms with Crippen molar-refractivity contribution >= 4 is 22.7 Å². The van der Waals surface area contributed by atoms with Crippen molar-refractivity contribution in [2.24, 2.45) is 0 Å². The molecule has 2 N–H and O–H groups in total. The summed E-state index contributed by atoms with van der Waals surface area (Å²) in [4.78, 5) is 25.7. The van der Waals surface area contributed by atoms with Crippen LogP contribution in [0.4, 0.5) is 5.82 Å². The highest BCUT2D eigenvalue weighted by atomic mass is 16.5. The first kappa shape index (κ1) is 21.9. The van der Waals surface area contributed by atoms with Gasteiger partial charge in [0.15, 0.2) is 11.2 Å². The molecule has 7 heteroatoms. The first-order valence-electron chi connectivity index (χ1n) is 11.6. The van der Waals surface area contributed by atoms with Crippen LogP contribution in [0.2, 0.25) is 0 Å². The van der Waals surface area contributed by atoms with Crippen LogP contribution in [-0.2, 0) is 4.79 Å². The van der Waals surface area contributed by atoms with Crippen molar-refractivity contribution in [2.75, 3.05) is 12.4 Å². The van der Waals surface area contributed by atoms with Crippen molar-refractivity contribution in [1.82, 2.24) is 10.2 Å². The van der Waals surface area contributed by atoms with E-state index < -0.39 is 5.92 Å². The minimum absolute atomic E-state index is 0.157. The van der Waals surface area contributed by atoms with Gasteiger partial charge in [-0.25, -0.2) is 0 Å². The van der Waals surface area contributed by atoms with Crippen molar-refractivity contribution in [1.29, 1.82) is 0 Å². The molecule has 1 atom stereocenters. The number of H-pyrrole nitrogens is 1. The van der Waals surface area contributed by atoms with Gasteiger partial charge in [0, 0.05) is 29.3 Å². The summed E-state index contributed by atoms with van der Waals surface area (Å²) < 4.78 is 11.2. The molecule has 1 amide bonds. The van der Waals surface area contributed by atoms with Crippen molar-refractivity contribution in [3.8, 4) is 17.1 Å².